The Hall–Kier alpha value is -2.62. The van der Waals surface area contributed by atoms with Gasteiger partial charge in [0.2, 0.25) is 5.91 Å². The molecule has 0 aliphatic rings. The van der Waals surface area contributed by atoms with E-state index in [1.807, 2.05) is 47.2 Å². The predicted octanol–water partition coefficient (Wildman–Crippen LogP) is 4.29. The van der Waals surface area contributed by atoms with Crippen molar-refractivity contribution in [3.8, 4) is 5.69 Å². The molecule has 0 aliphatic heterocycles. The third-order valence-corrected chi connectivity index (χ3v) is 3.39. The van der Waals surface area contributed by atoms with Crippen LogP contribution in [0.1, 0.15) is 31.9 Å². The largest absolute Gasteiger partial charge is 0.326 e. The van der Waals surface area contributed by atoms with Gasteiger partial charge in [-0.2, -0.15) is 5.10 Å². The van der Waals surface area contributed by atoms with Crippen LogP contribution >= 0.6 is 0 Å². The molecule has 4 nitrogen and oxygen atoms in total. The molecular formula is C19H23N3O. The third kappa shape index (κ3) is 4.95. The van der Waals surface area contributed by atoms with Crippen LogP contribution in [0, 0.1) is 0 Å². The predicted molar refractivity (Wildman–Crippen MR) is 94.8 cm³/mol. The topological polar surface area (TPSA) is 46.9 Å². The first-order chi connectivity index (χ1) is 11.2. The second kappa shape index (κ2) is 8.73. The summed E-state index contributed by atoms with van der Waals surface area (Å²) in [4.78, 5) is 12.0. The number of benzene rings is 1. The number of hydrogen-bond donors (Lipinski definition) is 1. The quantitative estimate of drug-likeness (QED) is 0.740. The van der Waals surface area contributed by atoms with E-state index in [1.54, 1.807) is 6.20 Å². The Morgan fingerprint density at radius 1 is 1.35 bits per heavy atom. The smallest absolute Gasteiger partial charge is 0.224 e. The van der Waals surface area contributed by atoms with Crippen LogP contribution in [0.4, 0.5) is 5.69 Å². The van der Waals surface area contributed by atoms with Crippen LogP contribution in [0.3, 0.4) is 0 Å². The van der Waals surface area contributed by atoms with Crippen molar-refractivity contribution >= 4 is 11.6 Å². The standard InChI is InChI=1S/C19H23N3O/c1-3-5-6-7-12-19(23)21-16-10-8-11-18(15-16)22-17(9-4-2)13-14-20-22/h4-6,8,10-11,13-15H,2-3,7,9,12H2,1H3,(H,21,23)/b6-5-. The zero-order chi connectivity index (χ0) is 16.5. The van der Waals surface area contributed by atoms with Gasteiger partial charge in [-0.3, -0.25) is 4.79 Å². The SMILES string of the molecule is C=CCc1ccnn1-c1cccc(NC(=O)CC/C=C\CC)c1. The number of hydrogen-bond acceptors (Lipinski definition) is 2. The van der Waals surface area contributed by atoms with E-state index in [0.29, 0.717) is 6.42 Å². The Labute approximate surface area is 137 Å². The molecule has 1 amide bonds. The van der Waals surface area contributed by atoms with Gasteiger partial charge in [-0.25, -0.2) is 4.68 Å². The highest BCUT2D eigenvalue weighted by Crippen LogP contribution is 2.17. The maximum Gasteiger partial charge on any atom is 0.224 e. The first-order valence-corrected chi connectivity index (χ1v) is 7.93. The molecule has 2 aromatic rings. The summed E-state index contributed by atoms with van der Waals surface area (Å²) in [6, 6.07) is 9.67. The lowest BCUT2D eigenvalue weighted by atomic mass is 10.2. The minimum absolute atomic E-state index is 0.0229. The summed E-state index contributed by atoms with van der Waals surface area (Å²) < 4.78 is 1.86. The van der Waals surface area contributed by atoms with Crippen molar-refractivity contribution in [3.63, 3.8) is 0 Å². The highest BCUT2D eigenvalue weighted by atomic mass is 16.1. The molecule has 1 aromatic heterocycles. The van der Waals surface area contributed by atoms with E-state index < -0.39 is 0 Å². The monoisotopic (exact) mass is 309 g/mol. The molecule has 120 valence electrons. The van der Waals surface area contributed by atoms with Gasteiger partial charge in [0.05, 0.1) is 5.69 Å². The van der Waals surface area contributed by atoms with Crippen LogP contribution in [0.15, 0.2) is 61.3 Å². The average Bonchev–Trinajstić information content (AvgIpc) is 3.00. The molecule has 1 N–H and O–H groups in total. The minimum atomic E-state index is 0.0229. The second-order valence-corrected chi connectivity index (χ2v) is 5.24. The summed E-state index contributed by atoms with van der Waals surface area (Å²) in [6.07, 6.45) is 10.7. The fourth-order valence-electron chi connectivity index (χ4n) is 2.30. The van der Waals surface area contributed by atoms with Crippen molar-refractivity contribution in [2.45, 2.75) is 32.6 Å². The Bertz CT molecular complexity index is 685. The molecule has 0 atom stereocenters. The van der Waals surface area contributed by atoms with E-state index in [2.05, 4.69) is 30.0 Å². The number of anilines is 1. The van der Waals surface area contributed by atoms with Gasteiger partial charge in [-0.1, -0.05) is 31.2 Å². The van der Waals surface area contributed by atoms with Gasteiger partial charge in [-0.15, -0.1) is 6.58 Å². The van der Waals surface area contributed by atoms with Crippen molar-refractivity contribution in [1.29, 1.82) is 0 Å². The van der Waals surface area contributed by atoms with Gasteiger partial charge in [-0.05, 0) is 37.1 Å². The number of nitrogens with one attached hydrogen (secondary N) is 1. The van der Waals surface area contributed by atoms with Gasteiger partial charge in [0.1, 0.15) is 0 Å². The molecule has 0 saturated carbocycles. The van der Waals surface area contributed by atoms with E-state index in [0.717, 1.165) is 36.3 Å². The van der Waals surface area contributed by atoms with Crippen LogP contribution in [0.25, 0.3) is 5.69 Å². The van der Waals surface area contributed by atoms with Crippen molar-refractivity contribution in [3.05, 3.63) is 67.0 Å². The van der Waals surface area contributed by atoms with Crippen LogP contribution in [-0.4, -0.2) is 15.7 Å². The first kappa shape index (κ1) is 16.7. The number of carbonyl (C=O) groups is 1. The first-order valence-electron chi connectivity index (χ1n) is 7.93. The summed E-state index contributed by atoms with van der Waals surface area (Å²) >= 11 is 0. The van der Waals surface area contributed by atoms with Gasteiger partial charge in [0, 0.05) is 30.4 Å². The van der Waals surface area contributed by atoms with Crippen LogP contribution in [-0.2, 0) is 11.2 Å². The van der Waals surface area contributed by atoms with Crippen molar-refractivity contribution < 1.29 is 4.79 Å². The highest BCUT2D eigenvalue weighted by molar-refractivity contribution is 5.91. The van der Waals surface area contributed by atoms with E-state index >= 15 is 0 Å². The lowest BCUT2D eigenvalue weighted by Gasteiger charge is -2.09. The molecule has 0 radical (unpaired) electrons. The van der Waals surface area contributed by atoms with Gasteiger partial charge in [0.25, 0.3) is 0 Å². The molecule has 0 bridgehead atoms. The molecule has 0 aliphatic carbocycles. The molecule has 0 saturated heterocycles. The molecule has 0 unspecified atom stereocenters. The van der Waals surface area contributed by atoms with Gasteiger partial charge >= 0.3 is 0 Å². The van der Waals surface area contributed by atoms with Crippen molar-refractivity contribution in [2.75, 3.05) is 5.32 Å². The maximum atomic E-state index is 12.0. The fraction of sp³-hybridized carbons (Fsp3) is 0.263. The summed E-state index contributed by atoms with van der Waals surface area (Å²) in [7, 11) is 0. The number of rotatable bonds is 8. The van der Waals surface area contributed by atoms with Crippen LogP contribution < -0.4 is 5.32 Å². The number of allylic oxidation sites excluding steroid dienone is 3. The Kier molecular flexibility index (Phi) is 6.36. The minimum Gasteiger partial charge on any atom is -0.326 e. The Balaban J connectivity index is 2.05. The number of carbonyl (C=O) groups excluding carboxylic acids is 1. The second-order valence-electron chi connectivity index (χ2n) is 5.24. The molecule has 4 heteroatoms. The van der Waals surface area contributed by atoms with E-state index in [9.17, 15) is 4.79 Å². The molecule has 23 heavy (non-hydrogen) atoms. The van der Waals surface area contributed by atoms with Crippen LogP contribution in [0.2, 0.25) is 0 Å². The number of amides is 1. The Morgan fingerprint density at radius 3 is 3.00 bits per heavy atom. The van der Waals surface area contributed by atoms with E-state index in [4.69, 9.17) is 0 Å². The molecule has 0 fully saturated rings. The van der Waals surface area contributed by atoms with Crippen molar-refractivity contribution in [1.82, 2.24) is 9.78 Å². The number of aromatic nitrogens is 2. The molecule has 1 aromatic carbocycles. The summed E-state index contributed by atoms with van der Waals surface area (Å²) in [5, 5.41) is 7.28. The fourth-order valence-corrected chi connectivity index (χ4v) is 2.30. The number of nitrogens with zero attached hydrogens (tertiary/aromatic N) is 2. The summed E-state index contributed by atoms with van der Waals surface area (Å²) in [5.74, 6) is 0.0229. The summed E-state index contributed by atoms with van der Waals surface area (Å²) in [6.45, 7) is 5.85. The average molecular weight is 309 g/mol. The van der Waals surface area contributed by atoms with Gasteiger partial charge in [0.15, 0.2) is 0 Å². The normalized spacial score (nSPS) is 10.8. The summed E-state index contributed by atoms with van der Waals surface area (Å²) in [5.41, 5.74) is 2.77. The highest BCUT2D eigenvalue weighted by Gasteiger charge is 2.06. The van der Waals surface area contributed by atoms with Crippen molar-refractivity contribution in [2.24, 2.45) is 0 Å². The molecular weight excluding hydrogens is 286 g/mol. The van der Waals surface area contributed by atoms with E-state index in [-0.39, 0.29) is 5.91 Å². The molecule has 0 spiro atoms. The lowest BCUT2D eigenvalue weighted by molar-refractivity contribution is -0.116. The third-order valence-electron chi connectivity index (χ3n) is 3.39. The zero-order valence-corrected chi connectivity index (χ0v) is 13.5. The van der Waals surface area contributed by atoms with Crippen LogP contribution in [0.5, 0.6) is 0 Å². The Morgan fingerprint density at radius 2 is 2.22 bits per heavy atom. The molecule has 1 heterocycles. The van der Waals surface area contributed by atoms with E-state index in [1.165, 1.54) is 0 Å². The van der Waals surface area contributed by atoms with Gasteiger partial charge < -0.3 is 5.32 Å². The molecule has 2 rings (SSSR count). The zero-order valence-electron chi connectivity index (χ0n) is 13.5. The lowest BCUT2D eigenvalue weighted by Crippen LogP contribution is -2.11. The maximum absolute atomic E-state index is 12.0.